The third-order valence-electron chi connectivity index (χ3n) is 5.37. The molecule has 1 saturated carbocycles. The molecule has 3 aromatic rings. The number of hydrogen-bond acceptors (Lipinski definition) is 4. The molecule has 4 nitrogen and oxygen atoms in total. The van der Waals surface area contributed by atoms with Gasteiger partial charge in [0, 0.05) is 23.0 Å². The minimum atomic E-state index is -0.176. The molecule has 0 spiro atoms. The Balaban J connectivity index is 1.45. The van der Waals surface area contributed by atoms with Crippen molar-refractivity contribution in [3.05, 3.63) is 62.3 Å². The number of nitrogens with one attached hydrogen (secondary N) is 1. The molecule has 1 aromatic carbocycles. The van der Waals surface area contributed by atoms with Crippen molar-refractivity contribution in [2.45, 2.75) is 51.2 Å². The summed E-state index contributed by atoms with van der Waals surface area (Å²) in [5, 5.41) is 0.790. The second-order valence-corrected chi connectivity index (χ2v) is 8.36. The molecular formula is C20H20FN3OS. The van der Waals surface area contributed by atoms with Gasteiger partial charge in [-0.25, -0.2) is 9.37 Å². The second-order valence-electron chi connectivity index (χ2n) is 7.28. The van der Waals surface area contributed by atoms with Crippen LogP contribution in [-0.4, -0.2) is 20.9 Å². The summed E-state index contributed by atoms with van der Waals surface area (Å²) in [5.74, 6) is 0.510. The number of hydrogen-bond donors (Lipinski definition) is 1. The molecule has 1 fully saturated rings. The quantitative estimate of drug-likeness (QED) is 0.745. The smallest absolute Gasteiger partial charge is 0.259 e. The van der Waals surface area contributed by atoms with E-state index in [1.165, 1.54) is 16.5 Å². The van der Waals surface area contributed by atoms with Crippen molar-refractivity contribution in [1.82, 2.24) is 14.9 Å². The average molecular weight is 369 g/mol. The summed E-state index contributed by atoms with van der Waals surface area (Å²) in [6, 6.07) is 7.35. The lowest BCUT2D eigenvalue weighted by molar-refractivity contribution is 0.236. The highest BCUT2D eigenvalue weighted by atomic mass is 32.1. The van der Waals surface area contributed by atoms with Gasteiger partial charge >= 0.3 is 0 Å². The van der Waals surface area contributed by atoms with Crippen LogP contribution >= 0.6 is 11.3 Å². The van der Waals surface area contributed by atoms with Crippen LogP contribution in [0.5, 0.6) is 0 Å². The Bertz CT molecular complexity index is 1040. The number of halogens is 1. The van der Waals surface area contributed by atoms with E-state index >= 15 is 0 Å². The van der Waals surface area contributed by atoms with Crippen LogP contribution in [0.4, 0.5) is 4.39 Å². The molecule has 26 heavy (non-hydrogen) atoms. The number of benzene rings is 1. The van der Waals surface area contributed by atoms with Crippen LogP contribution in [0.25, 0.3) is 10.2 Å². The fourth-order valence-corrected chi connectivity index (χ4v) is 5.19. The number of rotatable bonds is 5. The third-order valence-corrected chi connectivity index (χ3v) is 6.56. The first kappa shape index (κ1) is 16.1. The molecule has 0 bridgehead atoms. The van der Waals surface area contributed by atoms with E-state index in [9.17, 15) is 9.18 Å². The number of H-pyrrole nitrogens is 1. The molecule has 2 aliphatic rings. The van der Waals surface area contributed by atoms with Gasteiger partial charge in [-0.05, 0) is 43.7 Å². The zero-order chi connectivity index (χ0) is 17.7. The van der Waals surface area contributed by atoms with Crippen molar-refractivity contribution < 1.29 is 4.39 Å². The van der Waals surface area contributed by atoms with Gasteiger partial charge in [-0.2, -0.15) is 0 Å². The standard InChI is InChI=1S/C20H20FN3OS/c21-15-6-2-1-4-12(15)10-24(13-8-9-13)11-17-22-19(25)18-14-5-3-7-16(14)26-20(18)23-17/h1-2,4,6,13H,3,5,7-11H2,(H,22,23,25). The van der Waals surface area contributed by atoms with Gasteiger partial charge in [0.25, 0.3) is 5.56 Å². The first-order valence-electron chi connectivity index (χ1n) is 9.20. The van der Waals surface area contributed by atoms with Crippen molar-refractivity contribution in [2.75, 3.05) is 0 Å². The van der Waals surface area contributed by atoms with Crippen molar-refractivity contribution in [3.63, 3.8) is 0 Å². The minimum Gasteiger partial charge on any atom is -0.309 e. The highest BCUT2D eigenvalue weighted by molar-refractivity contribution is 7.18. The Hall–Kier alpha value is -2.05. The maximum atomic E-state index is 14.0. The number of aryl methyl sites for hydroxylation is 2. The number of fused-ring (bicyclic) bond motifs is 3. The van der Waals surface area contributed by atoms with E-state index in [0.29, 0.717) is 30.5 Å². The molecule has 1 N–H and O–H groups in total. The lowest BCUT2D eigenvalue weighted by atomic mass is 10.2. The molecule has 2 aliphatic carbocycles. The first-order chi connectivity index (χ1) is 12.7. The first-order valence-corrected chi connectivity index (χ1v) is 10.0. The van der Waals surface area contributed by atoms with Gasteiger partial charge in [-0.3, -0.25) is 9.69 Å². The van der Waals surface area contributed by atoms with Crippen molar-refractivity contribution >= 4 is 21.6 Å². The zero-order valence-corrected chi connectivity index (χ0v) is 15.2. The summed E-state index contributed by atoms with van der Waals surface area (Å²) in [4.78, 5) is 24.8. The zero-order valence-electron chi connectivity index (χ0n) is 14.4. The summed E-state index contributed by atoms with van der Waals surface area (Å²) >= 11 is 1.66. The number of nitrogens with zero attached hydrogens (tertiary/aromatic N) is 2. The molecular weight excluding hydrogens is 349 g/mol. The lowest BCUT2D eigenvalue weighted by Crippen LogP contribution is -2.28. The van der Waals surface area contributed by atoms with E-state index < -0.39 is 0 Å². The van der Waals surface area contributed by atoms with E-state index in [-0.39, 0.29) is 11.4 Å². The van der Waals surface area contributed by atoms with Crippen LogP contribution in [0.15, 0.2) is 29.1 Å². The molecule has 134 valence electrons. The number of thiophene rings is 1. The molecule has 0 saturated heterocycles. The average Bonchev–Trinajstić information content (AvgIpc) is 3.26. The normalized spacial score (nSPS) is 16.5. The number of aromatic nitrogens is 2. The molecule has 0 atom stereocenters. The molecule has 0 radical (unpaired) electrons. The lowest BCUT2D eigenvalue weighted by Gasteiger charge is -2.21. The molecule has 0 amide bonds. The maximum Gasteiger partial charge on any atom is 0.259 e. The van der Waals surface area contributed by atoms with Crippen LogP contribution in [0, 0.1) is 5.82 Å². The Labute approximate surface area is 154 Å². The Morgan fingerprint density at radius 1 is 1.23 bits per heavy atom. The summed E-state index contributed by atoms with van der Waals surface area (Å²) in [7, 11) is 0. The molecule has 0 unspecified atom stereocenters. The fourth-order valence-electron chi connectivity index (χ4n) is 3.91. The van der Waals surface area contributed by atoms with E-state index in [2.05, 4.69) is 9.88 Å². The third kappa shape index (κ3) is 2.87. The maximum absolute atomic E-state index is 14.0. The number of aromatic amines is 1. The molecule has 0 aliphatic heterocycles. The van der Waals surface area contributed by atoms with Crippen LogP contribution in [0.1, 0.15) is 41.1 Å². The van der Waals surface area contributed by atoms with Gasteiger partial charge in [0.15, 0.2) is 0 Å². The highest BCUT2D eigenvalue weighted by Gasteiger charge is 2.30. The molecule has 6 heteroatoms. The SMILES string of the molecule is O=c1[nH]c(CN(Cc2ccccc2F)C2CC2)nc2sc3c(c12)CCC3. The summed E-state index contributed by atoms with van der Waals surface area (Å²) in [6.07, 6.45) is 5.42. The van der Waals surface area contributed by atoms with Crippen LogP contribution < -0.4 is 5.56 Å². The van der Waals surface area contributed by atoms with Gasteiger partial charge in [-0.1, -0.05) is 18.2 Å². The van der Waals surface area contributed by atoms with E-state index in [4.69, 9.17) is 4.98 Å². The fraction of sp³-hybridized carbons (Fsp3) is 0.400. The minimum absolute atomic E-state index is 0.0222. The van der Waals surface area contributed by atoms with Crippen LogP contribution in [0.3, 0.4) is 0 Å². The van der Waals surface area contributed by atoms with Crippen molar-refractivity contribution in [1.29, 1.82) is 0 Å². The second kappa shape index (κ2) is 6.28. The summed E-state index contributed by atoms with van der Waals surface area (Å²) in [6.45, 7) is 1.09. The van der Waals surface area contributed by atoms with Crippen molar-refractivity contribution in [2.24, 2.45) is 0 Å². The van der Waals surface area contributed by atoms with Gasteiger partial charge in [0.2, 0.25) is 0 Å². The molecule has 2 heterocycles. The largest absolute Gasteiger partial charge is 0.309 e. The van der Waals surface area contributed by atoms with E-state index in [0.717, 1.165) is 42.3 Å². The Morgan fingerprint density at radius 2 is 2.08 bits per heavy atom. The highest BCUT2D eigenvalue weighted by Crippen LogP contribution is 2.35. The van der Waals surface area contributed by atoms with Crippen molar-refractivity contribution in [3.8, 4) is 0 Å². The van der Waals surface area contributed by atoms with Crippen LogP contribution in [0.2, 0.25) is 0 Å². The summed E-state index contributed by atoms with van der Waals surface area (Å²) < 4.78 is 14.0. The van der Waals surface area contributed by atoms with Gasteiger partial charge < -0.3 is 4.98 Å². The van der Waals surface area contributed by atoms with Gasteiger partial charge in [0.05, 0.1) is 11.9 Å². The predicted molar refractivity (Wildman–Crippen MR) is 101 cm³/mol. The van der Waals surface area contributed by atoms with Crippen LogP contribution in [-0.2, 0) is 25.9 Å². The summed E-state index contributed by atoms with van der Waals surface area (Å²) in [5.41, 5.74) is 1.87. The predicted octanol–water partition coefficient (Wildman–Crippen LogP) is 3.78. The van der Waals surface area contributed by atoms with Gasteiger partial charge in [-0.15, -0.1) is 11.3 Å². The van der Waals surface area contributed by atoms with Gasteiger partial charge in [0.1, 0.15) is 16.5 Å². The Kier molecular flexibility index (Phi) is 3.90. The topological polar surface area (TPSA) is 49.0 Å². The Morgan fingerprint density at radius 3 is 2.88 bits per heavy atom. The monoisotopic (exact) mass is 369 g/mol. The molecule has 5 rings (SSSR count). The van der Waals surface area contributed by atoms with E-state index in [1.807, 2.05) is 12.1 Å². The molecule has 2 aromatic heterocycles. The van der Waals surface area contributed by atoms with E-state index in [1.54, 1.807) is 17.4 Å².